The third-order valence-corrected chi connectivity index (χ3v) is 8.77. The number of hydrogen-bond acceptors (Lipinski definition) is 11. The Kier molecular flexibility index (Phi) is 8.25. The molecule has 7 rings (SSSR count). The molecule has 0 saturated carbocycles. The number of aryl methyl sites for hydroxylation is 2. The lowest BCUT2D eigenvalue weighted by Crippen LogP contribution is -2.33. The van der Waals surface area contributed by atoms with Crippen LogP contribution >= 0.6 is 11.3 Å². The highest BCUT2D eigenvalue weighted by Gasteiger charge is 2.27. The Morgan fingerprint density at radius 2 is 1.83 bits per heavy atom. The SMILES string of the molecule is CCc1ccc2c(c1)C=Cc1cc(C)ccc1C2c1cn(-c2ccnc(NCC(=O)Nc3nc(Cc4nn[nH]n4)cs3)n2)c(=O)[nH]c1=O. The molecule has 0 saturated heterocycles. The van der Waals surface area contributed by atoms with Crippen molar-refractivity contribution >= 4 is 40.5 Å². The molecule has 1 amide bonds. The average molecular weight is 660 g/mol. The van der Waals surface area contributed by atoms with Crippen LogP contribution in [0.2, 0.25) is 0 Å². The molecule has 0 aliphatic heterocycles. The largest absolute Gasteiger partial charge is 0.345 e. The molecule has 0 bridgehead atoms. The van der Waals surface area contributed by atoms with Gasteiger partial charge in [-0.05, 0) is 41.2 Å². The number of rotatable bonds is 9. The van der Waals surface area contributed by atoms with E-state index in [0.29, 0.717) is 28.6 Å². The predicted molar refractivity (Wildman–Crippen MR) is 181 cm³/mol. The van der Waals surface area contributed by atoms with E-state index in [0.717, 1.165) is 34.2 Å². The van der Waals surface area contributed by atoms with Crippen molar-refractivity contribution in [3.63, 3.8) is 0 Å². The maximum absolute atomic E-state index is 13.5. The first-order chi connectivity index (χ1) is 23.3. The summed E-state index contributed by atoms with van der Waals surface area (Å²) in [6, 6.07) is 14.0. The van der Waals surface area contributed by atoms with Crippen molar-refractivity contribution in [2.45, 2.75) is 32.6 Å². The Morgan fingerprint density at radius 3 is 2.62 bits per heavy atom. The molecule has 4 heterocycles. The van der Waals surface area contributed by atoms with Gasteiger partial charge in [0.25, 0.3) is 5.56 Å². The molecule has 4 N–H and O–H groups in total. The first-order valence-corrected chi connectivity index (χ1v) is 16.0. The van der Waals surface area contributed by atoms with Crippen molar-refractivity contribution in [2.75, 3.05) is 17.2 Å². The van der Waals surface area contributed by atoms with Crippen LogP contribution in [-0.2, 0) is 17.6 Å². The maximum Gasteiger partial charge on any atom is 0.334 e. The molecule has 1 unspecified atom stereocenters. The summed E-state index contributed by atoms with van der Waals surface area (Å²) in [5, 5.41) is 21.6. The predicted octanol–water partition coefficient (Wildman–Crippen LogP) is 3.46. The summed E-state index contributed by atoms with van der Waals surface area (Å²) >= 11 is 1.27. The number of anilines is 2. The number of aromatic amines is 2. The zero-order chi connectivity index (χ0) is 33.2. The molecule has 2 aromatic carbocycles. The summed E-state index contributed by atoms with van der Waals surface area (Å²) < 4.78 is 1.29. The van der Waals surface area contributed by atoms with E-state index in [1.807, 2.05) is 19.1 Å². The van der Waals surface area contributed by atoms with Crippen LogP contribution in [0.25, 0.3) is 18.0 Å². The van der Waals surface area contributed by atoms with Gasteiger partial charge in [0, 0.05) is 35.3 Å². The number of nitrogens with zero attached hydrogens (tertiary/aromatic N) is 7. The number of H-pyrrole nitrogens is 2. The Morgan fingerprint density at radius 1 is 1.02 bits per heavy atom. The fraction of sp³-hybridized carbons (Fsp3) is 0.182. The van der Waals surface area contributed by atoms with Gasteiger partial charge in [-0.3, -0.25) is 19.1 Å². The highest BCUT2D eigenvalue weighted by atomic mass is 32.1. The standard InChI is InChI=1S/C33H29N11O3S/c1-3-19-5-9-24-21(13-19)7-6-20-12-18(2)4-8-23(20)29(24)25-16-44(33(47)39-30(25)46)27-10-11-34-31(37-27)35-15-28(45)38-32-36-22(17-48-32)14-26-40-42-43-41-26/h4-13,16-17,29H,3,14-15H2,1-2H3,(H,34,35,37)(H,36,38,45)(H,39,46,47)(H,40,41,42,43). The zero-order valence-corrected chi connectivity index (χ0v) is 26.7. The van der Waals surface area contributed by atoms with Crippen molar-refractivity contribution in [2.24, 2.45) is 0 Å². The minimum Gasteiger partial charge on any atom is -0.345 e. The molecule has 1 aliphatic carbocycles. The van der Waals surface area contributed by atoms with E-state index in [4.69, 9.17) is 0 Å². The van der Waals surface area contributed by atoms with Crippen LogP contribution in [0, 0.1) is 6.92 Å². The second-order valence-electron chi connectivity index (χ2n) is 11.2. The molecule has 15 heteroatoms. The van der Waals surface area contributed by atoms with Gasteiger partial charge < -0.3 is 10.6 Å². The van der Waals surface area contributed by atoms with Gasteiger partial charge in [0.2, 0.25) is 11.9 Å². The number of nitrogens with one attached hydrogen (secondary N) is 4. The van der Waals surface area contributed by atoms with Crippen molar-refractivity contribution in [1.82, 2.24) is 45.1 Å². The monoisotopic (exact) mass is 659 g/mol. The molecule has 6 aromatic rings. The minimum absolute atomic E-state index is 0.121. The lowest BCUT2D eigenvalue weighted by Gasteiger charge is -2.22. The van der Waals surface area contributed by atoms with Crippen molar-refractivity contribution in [3.05, 3.63) is 132 Å². The fourth-order valence-corrected chi connectivity index (χ4v) is 6.38. The van der Waals surface area contributed by atoms with E-state index in [2.05, 4.69) is 94.5 Å². The molecule has 14 nitrogen and oxygen atoms in total. The van der Waals surface area contributed by atoms with Gasteiger partial charge in [0.15, 0.2) is 11.0 Å². The fourth-order valence-electron chi connectivity index (χ4n) is 5.65. The van der Waals surface area contributed by atoms with Crippen LogP contribution in [0.4, 0.5) is 11.1 Å². The number of carbonyl (C=O) groups is 1. The molecule has 240 valence electrons. The van der Waals surface area contributed by atoms with Crippen molar-refractivity contribution in [1.29, 1.82) is 0 Å². The van der Waals surface area contributed by atoms with Gasteiger partial charge in [0.1, 0.15) is 5.82 Å². The highest BCUT2D eigenvalue weighted by Crippen LogP contribution is 2.38. The summed E-state index contributed by atoms with van der Waals surface area (Å²) in [5.41, 5.74) is 6.16. The second-order valence-corrected chi connectivity index (χ2v) is 12.1. The number of aromatic nitrogens is 9. The number of carbonyl (C=O) groups excluding carboxylic acids is 1. The molecule has 1 atom stereocenters. The summed E-state index contributed by atoms with van der Waals surface area (Å²) in [6.45, 7) is 3.98. The van der Waals surface area contributed by atoms with Crippen LogP contribution < -0.4 is 21.9 Å². The highest BCUT2D eigenvalue weighted by molar-refractivity contribution is 7.13. The van der Waals surface area contributed by atoms with Crippen LogP contribution in [0.5, 0.6) is 0 Å². The van der Waals surface area contributed by atoms with Crippen molar-refractivity contribution < 1.29 is 4.79 Å². The quantitative estimate of drug-likeness (QED) is 0.179. The molecule has 0 radical (unpaired) electrons. The van der Waals surface area contributed by atoms with E-state index < -0.39 is 17.2 Å². The van der Waals surface area contributed by atoms with Crippen LogP contribution in [-0.4, -0.2) is 57.6 Å². The second kappa shape index (κ2) is 13.0. The lowest BCUT2D eigenvalue weighted by molar-refractivity contribution is -0.114. The number of tetrazole rings is 1. The first-order valence-electron chi connectivity index (χ1n) is 15.2. The Bertz CT molecular complexity index is 2290. The molecular weight excluding hydrogens is 631 g/mol. The van der Waals surface area contributed by atoms with E-state index >= 15 is 0 Å². The van der Waals surface area contributed by atoms with E-state index in [-0.39, 0.29) is 24.2 Å². The molecule has 0 fully saturated rings. The summed E-state index contributed by atoms with van der Waals surface area (Å²) in [4.78, 5) is 54.9. The van der Waals surface area contributed by atoms with E-state index in [1.54, 1.807) is 17.6 Å². The van der Waals surface area contributed by atoms with Gasteiger partial charge in [-0.15, -0.1) is 21.5 Å². The molecule has 1 aliphatic rings. The average Bonchev–Trinajstić information content (AvgIpc) is 3.74. The smallest absolute Gasteiger partial charge is 0.334 e. The normalized spacial score (nSPS) is 13.4. The van der Waals surface area contributed by atoms with Crippen LogP contribution in [0.3, 0.4) is 0 Å². The molecular formula is C33H29N11O3S. The van der Waals surface area contributed by atoms with Gasteiger partial charge in [-0.25, -0.2) is 14.8 Å². The first kappa shape index (κ1) is 30.6. The molecule has 48 heavy (non-hydrogen) atoms. The zero-order valence-electron chi connectivity index (χ0n) is 25.9. The summed E-state index contributed by atoms with van der Waals surface area (Å²) in [6.07, 6.45) is 8.44. The molecule has 4 aromatic heterocycles. The number of benzene rings is 2. The van der Waals surface area contributed by atoms with Gasteiger partial charge in [-0.2, -0.15) is 10.2 Å². The minimum atomic E-state index is -0.649. The van der Waals surface area contributed by atoms with Crippen LogP contribution in [0.15, 0.2) is 69.8 Å². The summed E-state index contributed by atoms with van der Waals surface area (Å²) in [5.74, 6) is 0.0182. The summed E-state index contributed by atoms with van der Waals surface area (Å²) in [7, 11) is 0. The maximum atomic E-state index is 13.5. The van der Waals surface area contributed by atoms with Gasteiger partial charge in [-0.1, -0.05) is 66.3 Å². The number of thiazole rings is 1. The number of amides is 1. The lowest BCUT2D eigenvalue weighted by atomic mass is 9.82. The number of hydrogen-bond donors (Lipinski definition) is 4. The Balaban J connectivity index is 1.15. The van der Waals surface area contributed by atoms with E-state index in [9.17, 15) is 14.4 Å². The van der Waals surface area contributed by atoms with Gasteiger partial charge in [0.05, 0.1) is 18.7 Å². The van der Waals surface area contributed by atoms with Crippen molar-refractivity contribution in [3.8, 4) is 5.82 Å². The third-order valence-electron chi connectivity index (χ3n) is 7.97. The number of fused-ring (bicyclic) bond motifs is 2. The van der Waals surface area contributed by atoms with Gasteiger partial charge >= 0.3 is 5.69 Å². The Labute approximate surface area is 277 Å². The Hall–Kier alpha value is -6.09. The topological polar surface area (TPSA) is 189 Å². The molecule has 0 spiro atoms. The van der Waals surface area contributed by atoms with Crippen LogP contribution in [0.1, 0.15) is 63.3 Å². The van der Waals surface area contributed by atoms with E-state index in [1.165, 1.54) is 27.7 Å². The third kappa shape index (κ3) is 6.30.